The smallest absolute Gasteiger partial charge is 0.323 e. The van der Waals surface area contributed by atoms with Crippen LogP contribution in [0.15, 0.2) is 0 Å². The number of carbonyl (C=O) groups excluding carboxylic acids is 1. The zero-order valence-electron chi connectivity index (χ0n) is 9.39. The summed E-state index contributed by atoms with van der Waals surface area (Å²) < 4.78 is 0. The molecule has 6 heteroatoms. The Balaban J connectivity index is 2.49. The van der Waals surface area contributed by atoms with Gasteiger partial charge in [-0.3, -0.25) is 9.59 Å². The van der Waals surface area contributed by atoms with Gasteiger partial charge in [0.1, 0.15) is 6.54 Å². The molecule has 5 nitrogen and oxygen atoms in total. The first-order chi connectivity index (χ1) is 7.56. The Morgan fingerprint density at radius 2 is 2.19 bits per heavy atom. The van der Waals surface area contributed by atoms with E-state index in [1.165, 1.54) is 4.90 Å². The molecular weight excluding hydrogens is 228 g/mol. The normalized spacial score (nSPS) is 16.9. The van der Waals surface area contributed by atoms with Crippen LogP contribution in [0, 0.1) is 0 Å². The molecule has 0 spiro atoms. The molecule has 16 heavy (non-hydrogen) atoms. The Morgan fingerprint density at radius 3 is 2.62 bits per heavy atom. The SMILES string of the molecule is CSCC[C@@H](N)C(=O)N(CC(=O)O)C1CC1. The zero-order chi connectivity index (χ0) is 12.1. The molecule has 0 aliphatic heterocycles. The molecule has 92 valence electrons. The number of nitrogens with zero attached hydrogens (tertiary/aromatic N) is 1. The van der Waals surface area contributed by atoms with Gasteiger partial charge in [0.15, 0.2) is 0 Å². The highest BCUT2D eigenvalue weighted by Crippen LogP contribution is 2.27. The van der Waals surface area contributed by atoms with Gasteiger partial charge in [0, 0.05) is 6.04 Å². The largest absolute Gasteiger partial charge is 0.480 e. The van der Waals surface area contributed by atoms with Crippen LogP contribution < -0.4 is 5.73 Å². The van der Waals surface area contributed by atoms with Gasteiger partial charge >= 0.3 is 5.97 Å². The number of carboxylic acid groups (broad SMARTS) is 1. The van der Waals surface area contributed by atoms with E-state index in [0.717, 1.165) is 18.6 Å². The van der Waals surface area contributed by atoms with E-state index >= 15 is 0 Å². The fourth-order valence-corrected chi connectivity index (χ4v) is 1.99. The summed E-state index contributed by atoms with van der Waals surface area (Å²) in [6.45, 7) is -0.226. The van der Waals surface area contributed by atoms with Crippen LogP contribution in [-0.2, 0) is 9.59 Å². The molecule has 1 aliphatic carbocycles. The van der Waals surface area contributed by atoms with Crippen molar-refractivity contribution in [2.45, 2.75) is 31.3 Å². The second kappa shape index (κ2) is 6.10. The number of hydrogen-bond donors (Lipinski definition) is 2. The predicted octanol–water partition coefficient (Wildman–Crippen LogP) is 0.142. The van der Waals surface area contributed by atoms with Crippen molar-refractivity contribution in [3.05, 3.63) is 0 Å². The van der Waals surface area contributed by atoms with Crippen LogP contribution in [0.25, 0.3) is 0 Å². The molecule has 0 aromatic carbocycles. The van der Waals surface area contributed by atoms with Crippen molar-refractivity contribution in [2.24, 2.45) is 5.73 Å². The van der Waals surface area contributed by atoms with Crippen LogP contribution in [0.1, 0.15) is 19.3 Å². The third-order valence-electron chi connectivity index (χ3n) is 2.53. The number of nitrogens with two attached hydrogens (primary N) is 1. The van der Waals surface area contributed by atoms with E-state index in [4.69, 9.17) is 10.8 Å². The summed E-state index contributed by atoms with van der Waals surface area (Å²) in [7, 11) is 0. The Morgan fingerprint density at radius 1 is 1.56 bits per heavy atom. The highest BCUT2D eigenvalue weighted by molar-refractivity contribution is 7.98. The van der Waals surface area contributed by atoms with Gasteiger partial charge in [0.05, 0.1) is 6.04 Å². The summed E-state index contributed by atoms with van der Waals surface area (Å²) in [5, 5.41) is 8.73. The van der Waals surface area contributed by atoms with E-state index in [9.17, 15) is 9.59 Å². The van der Waals surface area contributed by atoms with Crippen molar-refractivity contribution in [2.75, 3.05) is 18.6 Å². The van der Waals surface area contributed by atoms with Crippen LogP contribution in [0.2, 0.25) is 0 Å². The lowest BCUT2D eigenvalue weighted by molar-refractivity contribution is -0.145. The fraction of sp³-hybridized carbons (Fsp3) is 0.800. The maximum atomic E-state index is 11.9. The monoisotopic (exact) mass is 246 g/mol. The molecule has 1 atom stereocenters. The van der Waals surface area contributed by atoms with Gasteiger partial charge in [-0.2, -0.15) is 11.8 Å². The van der Waals surface area contributed by atoms with E-state index in [1.54, 1.807) is 11.8 Å². The number of thioether (sulfide) groups is 1. The van der Waals surface area contributed by atoms with Crippen LogP contribution in [0.5, 0.6) is 0 Å². The topological polar surface area (TPSA) is 83.6 Å². The molecule has 0 aromatic rings. The molecule has 0 saturated heterocycles. The zero-order valence-corrected chi connectivity index (χ0v) is 10.2. The van der Waals surface area contributed by atoms with Crippen molar-refractivity contribution in [3.63, 3.8) is 0 Å². The van der Waals surface area contributed by atoms with Gasteiger partial charge in [-0.05, 0) is 31.3 Å². The first-order valence-corrected chi connectivity index (χ1v) is 6.72. The molecule has 1 amide bonds. The van der Waals surface area contributed by atoms with Gasteiger partial charge in [0.25, 0.3) is 0 Å². The highest BCUT2D eigenvalue weighted by atomic mass is 32.2. The van der Waals surface area contributed by atoms with Crippen molar-refractivity contribution in [1.82, 2.24) is 4.90 Å². The molecule has 1 saturated carbocycles. The summed E-state index contributed by atoms with van der Waals surface area (Å²) in [6.07, 6.45) is 4.35. The first kappa shape index (κ1) is 13.3. The molecule has 0 aromatic heterocycles. The maximum Gasteiger partial charge on any atom is 0.323 e. The van der Waals surface area contributed by atoms with Gasteiger partial charge in [-0.25, -0.2) is 0 Å². The molecule has 0 radical (unpaired) electrons. The minimum atomic E-state index is -0.975. The molecule has 0 bridgehead atoms. The van der Waals surface area contributed by atoms with Gasteiger partial charge in [0.2, 0.25) is 5.91 Å². The first-order valence-electron chi connectivity index (χ1n) is 5.33. The minimum absolute atomic E-state index is 0.101. The summed E-state index contributed by atoms with van der Waals surface area (Å²) in [5.41, 5.74) is 5.75. The Kier molecular flexibility index (Phi) is 5.08. The second-order valence-corrected chi connectivity index (χ2v) is 4.96. The van der Waals surface area contributed by atoms with Crippen LogP contribution in [0.4, 0.5) is 0 Å². The number of carboxylic acids is 1. The van der Waals surface area contributed by atoms with Crippen molar-refractivity contribution in [1.29, 1.82) is 0 Å². The molecule has 1 aliphatic rings. The van der Waals surface area contributed by atoms with Gasteiger partial charge < -0.3 is 15.7 Å². The van der Waals surface area contributed by atoms with Crippen LogP contribution in [0.3, 0.4) is 0 Å². The predicted molar refractivity (Wildman–Crippen MR) is 63.3 cm³/mol. The second-order valence-electron chi connectivity index (χ2n) is 3.98. The standard InChI is InChI=1S/C10H18N2O3S/c1-16-5-4-8(11)10(15)12(6-9(13)14)7-2-3-7/h7-8H,2-6,11H2,1H3,(H,13,14)/t8-/m1/s1. The molecule has 1 rings (SSSR count). The lowest BCUT2D eigenvalue weighted by Gasteiger charge is -2.23. The highest BCUT2D eigenvalue weighted by Gasteiger charge is 2.35. The van der Waals surface area contributed by atoms with E-state index in [0.29, 0.717) is 6.42 Å². The molecular formula is C10H18N2O3S. The van der Waals surface area contributed by atoms with E-state index in [1.807, 2.05) is 6.26 Å². The average molecular weight is 246 g/mol. The van der Waals surface area contributed by atoms with Crippen molar-refractivity contribution in [3.8, 4) is 0 Å². The Labute approximate surface area is 99.4 Å². The molecule has 0 unspecified atom stereocenters. The summed E-state index contributed by atoms with van der Waals surface area (Å²) >= 11 is 1.63. The lowest BCUT2D eigenvalue weighted by atomic mass is 10.2. The maximum absolute atomic E-state index is 11.9. The number of hydrogen-bond acceptors (Lipinski definition) is 4. The minimum Gasteiger partial charge on any atom is -0.480 e. The third kappa shape index (κ3) is 4.02. The van der Waals surface area contributed by atoms with E-state index in [2.05, 4.69) is 0 Å². The molecule has 1 fully saturated rings. The van der Waals surface area contributed by atoms with E-state index < -0.39 is 12.0 Å². The number of carbonyl (C=O) groups is 2. The molecule has 0 heterocycles. The van der Waals surface area contributed by atoms with Crippen molar-refractivity contribution < 1.29 is 14.7 Å². The summed E-state index contributed by atoms with van der Waals surface area (Å²) in [5.74, 6) is -0.380. The molecule has 3 N–H and O–H groups in total. The van der Waals surface area contributed by atoms with E-state index in [-0.39, 0.29) is 18.5 Å². The third-order valence-corrected chi connectivity index (χ3v) is 3.17. The van der Waals surface area contributed by atoms with Crippen LogP contribution >= 0.6 is 11.8 Å². The lowest BCUT2D eigenvalue weighted by Crippen LogP contribution is -2.47. The van der Waals surface area contributed by atoms with Crippen molar-refractivity contribution >= 4 is 23.6 Å². The van der Waals surface area contributed by atoms with Gasteiger partial charge in [-0.1, -0.05) is 0 Å². The van der Waals surface area contributed by atoms with Gasteiger partial charge in [-0.15, -0.1) is 0 Å². The number of rotatable bonds is 7. The quantitative estimate of drug-likeness (QED) is 0.667. The number of aliphatic carboxylic acids is 1. The Hall–Kier alpha value is -0.750. The fourth-order valence-electron chi connectivity index (χ4n) is 1.50. The Bertz CT molecular complexity index is 269. The average Bonchev–Trinajstić information content (AvgIpc) is 3.05. The number of amides is 1. The van der Waals surface area contributed by atoms with Crippen LogP contribution in [-0.4, -0.2) is 52.5 Å². The summed E-state index contributed by atoms with van der Waals surface area (Å²) in [4.78, 5) is 23.9. The summed E-state index contributed by atoms with van der Waals surface area (Å²) in [6, 6.07) is -0.462.